The first kappa shape index (κ1) is 25.5. The van der Waals surface area contributed by atoms with E-state index in [9.17, 15) is 13.2 Å². The summed E-state index contributed by atoms with van der Waals surface area (Å²) in [4.78, 5) is 15.5. The van der Waals surface area contributed by atoms with Crippen LogP contribution in [-0.4, -0.2) is 51.2 Å². The molecule has 2 aromatic carbocycles. The maximum absolute atomic E-state index is 13.0. The quantitative estimate of drug-likeness (QED) is 0.654. The molecule has 2 aliphatic rings. The molecule has 1 saturated heterocycles. The van der Waals surface area contributed by atoms with E-state index in [-0.39, 0.29) is 17.9 Å². The van der Waals surface area contributed by atoms with Gasteiger partial charge in [0.1, 0.15) is 5.75 Å². The molecule has 0 saturated carbocycles. The summed E-state index contributed by atoms with van der Waals surface area (Å²) in [6.07, 6.45) is 4.05. The first-order chi connectivity index (χ1) is 16.5. The first-order valence-corrected chi connectivity index (χ1v) is 14.2. The van der Waals surface area contributed by atoms with Crippen molar-refractivity contribution in [2.24, 2.45) is 0 Å². The molecular formula is C27H37N3O4S. The molecule has 1 atom stereocenters. The van der Waals surface area contributed by atoms with Crippen LogP contribution in [0.4, 0.5) is 5.69 Å². The smallest absolute Gasteiger partial charge is 0.263 e. The van der Waals surface area contributed by atoms with Gasteiger partial charge in [-0.2, -0.15) is 0 Å². The van der Waals surface area contributed by atoms with E-state index in [1.807, 2.05) is 24.3 Å². The van der Waals surface area contributed by atoms with Crippen LogP contribution in [0.2, 0.25) is 0 Å². The van der Waals surface area contributed by atoms with E-state index in [2.05, 4.69) is 43.1 Å². The second-order valence-corrected chi connectivity index (χ2v) is 12.6. The molecular weight excluding hydrogens is 462 g/mol. The molecule has 0 spiro atoms. The Morgan fingerprint density at radius 2 is 1.77 bits per heavy atom. The van der Waals surface area contributed by atoms with Gasteiger partial charge in [-0.1, -0.05) is 57.5 Å². The highest BCUT2D eigenvalue weighted by Gasteiger charge is 2.35. The molecule has 4 rings (SSSR count). The Balaban J connectivity index is 1.44. The highest BCUT2D eigenvalue weighted by molar-refractivity contribution is 7.92. The summed E-state index contributed by atoms with van der Waals surface area (Å²) in [5.41, 5.74) is 3.59. The standard InChI is InChI=1S/C27H37N3O4S/c1-27(2,3)22-11-12-24-23(16-22)30(35(4,32)33)19-25(34-24)26(31)28-17-20-9-8-10-21(15-20)18-29-13-6-5-7-14-29/h8-12,15-16,25H,5-7,13-14,17-19H2,1-4H3,(H,28,31)/t25-/m1/s1. The number of fused-ring (bicyclic) bond motifs is 1. The van der Waals surface area contributed by atoms with Gasteiger partial charge in [-0.25, -0.2) is 8.42 Å². The van der Waals surface area contributed by atoms with E-state index in [0.717, 1.165) is 37.0 Å². The van der Waals surface area contributed by atoms with Crippen LogP contribution in [0.5, 0.6) is 5.75 Å². The number of likely N-dealkylation sites (tertiary alicyclic amines) is 1. The lowest BCUT2D eigenvalue weighted by Gasteiger charge is -2.35. The van der Waals surface area contributed by atoms with Gasteiger partial charge in [0.05, 0.1) is 18.5 Å². The Kier molecular flexibility index (Phi) is 7.43. The normalized spacial score (nSPS) is 19.1. The lowest BCUT2D eigenvalue weighted by molar-refractivity contribution is -0.127. The lowest BCUT2D eigenvalue weighted by Crippen LogP contribution is -2.50. The molecule has 2 heterocycles. The van der Waals surface area contributed by atoms with Gasteiger partial charge in [-0.3, -0.25) is 14.0 Å². The monoisotopic (exact) mass is 499 g/mol. The summed E-state index contributed by atoms with van der Waals surface area (Å²) in [6.45, 7) is 9.71. The summed E-state index contributed by atoms with van der Waals surface area (Å²) in [7, 11) is -3.59. The topological polar surface area (TPSA) is 79.0 Å². The number of rotatable bonds is 6. The van der Waals surface area contributed by atoms with Crippen LogP contribution in [0.1, 0.15) is 56.7 Å². The molecule has 0 aromatic heterocycles. The summed E-state index contributed by atoms with van der Waals surface area (Å²) >= 11 is 0. The van der Waals surface area contributed by atoms with Crippen molar-refractivity contribution < 1.29 is 17.9 Å². The third-order valence-corrected chi connectivity index (χ3v) is 7.85. The number of nitrogens with zero attached hydrogens (tertiary/aromatic N) is 2. The van der Waals surface area contributed by atoms with Gasteiger partial charge in [0, 0.05) is 13.1 Å². The number of amides is 1. The maximum Gasteiger partial charge on any atom is 0.263 e. The number of nitrogens with one attached hydrogen (secondary N) is 1. The van der Waals surface area contributed by atoms with Crippen LogP contribution in [0.3, 0.4) is 0 Å². The predicted molar refractivity (Wildman–Crippen MR) is 139 cm³/mol. The molecule has 35 heavy (non-hydrogen) atoms. The Labute approximate surface area is 209 Å². The zero-order valence-electron chi connectivity index (χ0n) is 21.2. The molecule has 1 N–H and O–H groups in total. The van der Waals surface area contributed by atoms with Crippen molar-refractivity contribution in [3.8, 4) is 5.75 Å². The van der Waals surface area contributed by atoms with E-state index in [4.69, 9.17) is 4.74 Å². The van der Waals surface area contributed by atoms with Gasteiger partial charge in [0.2, 0.25) is 10.0 Å². The molecule has 190 valence electrons. The fourth-order valence-corrected chi connectivity index (χ4v) is 5.59. The van der Waals surface area contributed by atoms with Crippen LogP contribution in [0.25, 0.3) is 0 Å². The molecule has 2 aliphatic heterocycles. The largest absolute Gasteiger partial charge is 0.476 e. The Hall–Kier alpha value is -2.58. The number of hydrogen-bond acceptors (Lipinski definition) is 5. The average molecular weight is 500 g/mol. The molecule has 0 unspecified atom stereocenters. The van der Waals surface area contributed by atoms with Gasteiger partial charge < -0.3 is 10.1 Å². The van der Waals surface area contributed by atoms with Gasteiger partial charge in [0.15, 0.2) is 6.10 Å². The predicted octanol–water partition coefficient (Wildman–Crippen LogP) is 3.81. The van der Waals surface area contributed by atoms with Crippen LogP contribution < -0.4 is 14.4 Å². The number of piperidine rings is 1. The van der Waals surface area contributed by atoms with Gasteiger partial charge >= 0.3 is 0 Å². The molecule has 0 aliphatic carbocycles. The minimum Gasteiger partial charge on any atom is -0.476 e. The van der Waals surface area contributed by atoms with Crippen molar-refractivity contribution in [3.05, 3.63) is 59.2 Å². The number of ether oxygens (including phenoxy) is 1. The summed E-state index contributed by atoms with van der Waals surface area (Å²) in [6, 6.07) is 13.8. The number of anilines is 1. The van der Waals surface area contributed by atoms with Crippen molar-refractivity contribution >= 4 is 21.6 Å². The summed E-state index contributed by atoms with van der Waals surface area (Å²) in [5.74, 6) is 0.0731. The number of sulfonamides is 1. The molecule has 1 amide bonds. The fourth-order valence-electron chi connectivity index (χ4n) is 4.69. The summed E-state index contributed by atoms with van der Waals surface area (Å²) < 4.78 is 32.4. The fraction of sp³-hybridized carbons (Fsp3) is 0.519. The minimum atomic E-state index is -3.59. The Morgan fingerprint density at radius 1 is 1.06 bits per heavy atom. The van der Waals surface area contributed by atoms with Crippen molar-refractivity contribution in [1.82, 2.24) is 10.2 Å². The van der Waals surface area contributed by atoms with Gasteiger partial charge in [-0.15, -0.1) is 0 Å². The van der Waals surface area contributed by atoms with Crippen LogP contribution >= 0.6 is 0 Å². The van der Waals surface area contributed by atoms with E-state index in [1.54, 1.807) is 6.07 Å². The lowest BCUT2D eigenvalue weighted by atomic mass is 9.86. The van der Waals surface area contributed by atoms with E-state index < -0.39 is 16.1 Å². The number of carbonyl (C=O) groups excluding carboxylic acids is 1. The third kappa shape index (κ3) is 6.35. The van der Waals surface area contributed by atoms with Crippen LogP contribution in [0.15, 0.2) is 42.5 Å². The van der Waals surface area contributed by atoms with E-state index >= 15 is 0 Å². The number of hydrogen-bond donors (Lipinski definition) is 1. The number of benzene rings is 2. The molecule has 2 aromatic rings. The van der Waals surface area contributed by atoms with Crippen molar-refractivity contribution in [1.29, 1.82) is 0 Å². The van der Waals surface area contributed by atoms with Crippen LogP contribution in [0, 0.1) is 0 Å². The molecule has 0 bridgehead atoms. The minimum absolute atomic E-state index is 0.0553. The average Bonchev–Trinajstić information content (AvgIpc) is 2.81. The number of carbonyl (C=O) groups is 1. The zero-order chi connectivity index (χ0) is 25.2. The molecule has 0 radical (unpaired) electrons. The van der Waals surface area contributed by atoms with Crippen molar-refractivity contribution in [2.45, 2.75) is 64.6 Å². The van der Waals surface area contributed by atoms with Crippen molar-refractivity contribution in [3.63, 3.8) is 0 Å². The van der Waals surface area contributed by atoms with Crippen molar-refractivity contribution in [2.75, 3.05) is 30.2 Å². The van der Waals surface area contributed by atoms with E-state index in [1.165, 1.54) is 29.1 Å². The molecule has 7 nitrogen and oxygen atoms in total. The molecule has 1 fully saturated rings. The summed E-state index contributed by atoms with van der Waals surface area (Å²) in [5, 5.41) is 2.94. The Morgan fingerprint density at radius 3 is 2.46 bits per heavy atom. The highest BCUT2D eigenvalue weighted by Crippen LogP contribution is 2.38. The van der Waals surface area contributed by atoms with E-state index in [0.29, 0.717) is 18.0 Å². The maximum atomic E-state index is 13.0. The Bertz CT molecular complexity index is 1170. The highest BCUT2D eigenvalue weighted by atomic mass is 32.2. The first-order valence-electron chi connectivity index (χ1n) is 12.4. The SMILES string of the molecule is CC(C)(C)c1ccc2c(c1)N(S(C)(=O)=O)C[C@H](C(=O)NCc1cccc(CN3CCCCC3)c1)O2. The zero-order valence-corrected chi connectivity index (χ0v) is 22.0. The second kappa shape index (κ2) is 10.2. The molecule has 8 heteroatoms. The van der Waals surface area contributed by atoms with Gasteiger partial charge in [0.25, 0.3) is 5.91 Å². The third-order valence-electron chi connectivity index (χ3n) is 6.70. The van der Waals surface area contributed by atoms with Crippen LogP contribution in [-0.2, 0) is 33.3 Å². The van der Waals surface area contributed by atoms with Gasteiger partial charge in [-0.05, 0) is 60.2 Å². The second-order valence-electron chi connectivity index (χ2n) is 10.7.